The topological polar surface area (TPSA) is 0 Å². The molecule has 2 aliphatic carbocycles. The van der Waals surface area contributed by atoms with Crippen LogP contribution in [0.15, 0.2) is 87.7 Å². The summed E-state index contributed by atoms with van der Waals surface area (Å²) >= 11 is 8.95. The fourth-order valence-electron chi connectivity index (χ4n) is 10.5. The van der Waals surface area contributed by atoms with E-state index in [1.165, 1.54) is 63.2 Å². The first-order chi connectivity index (χ1) is 26.5. The molecular formula is C55H74Cl4Zr. The zero-order valence-corrected chi connectivity index (χ0v) is 45.3. The predicted molar refractivity (Wildman–Crippen MR) is 272 cm³/mol. The first kappa shape index (κ1) is 50.9. The van der Waals surface area contributed by atoms with E-state index in [9.17, 15) is 0 Å². The summed E-state index contributed by atoms with van der Waals surface area (Å²) in [6.07, 6.45) is 9.51. The molecule has 60 heavy (non-hydrogen) atoms. The SMILES string of the molecule is Cl.Cl.[CH2]=[Zr]([C]1=CC(C(C)(C)C)=CC1CCCC)([c]1cccc(Cl)c1)([c]1cccc(Cl)c1)[c]1c2c(cc(C(C)(C)C)c1C(C)(C)C)-c1cc(C(C)(C)C)c(C(C)(C)C)cc1C2. The van der Waals surface area contributed by atoms with Gasteiger partial charge in [0.1, 0.15) is 0 Å². The second kappa shape index (κ2) is 17.0. The number of halogens is 4. The maximum atomic E-state index is 7.24. The van der Waals surface area contributed by atoms with Crippen LogP contribution in [0.25, 0.3) is 11.1 Å². The van der Waals surface area contributed by atoms with Gasteiger partial charge in [0.15, 0.2) is 0 Å². The Balaban J connectivity index is 0.00000397. The van der Waals surface area contributed by atoms with E-state index in [0.29, 0.717) is 0 Å². The van der Waals surface area contributed by atoms with E-state index in [-0.39, 0.29) is 57.8 Å². The summed E-state index contributed by atoms with van der Waals surface area (Å²) < 4.78 is 11.7. The van der Waals surface area contributed by atoms with Crippen LogP contribution in [0, 0.1) is 11.3 Å². The van der Waals surface area contributed by atoms with Crippen molar-refractivity contribution in [1.82, 2.24) is 0 Å². The molecule has 0 heterocycles. The molecule has 326 valence electrons. The van der Waals surface area contributed by atoms with E-state index in [2.05, 4.69) is 178 Å². The van der Waals surface area contributed by atoms with Crippen LogP contribution in [0.5, 0.6) is 0 Å². The van der Waals surface area contributed by atoms with Gasteiger partial charge in [0, 0.05) is 0 Å². The van der Waals surface area contributed by atoms with Crippen LogP contribution in [0.2, 0.25) is 10.0 Å². The minimum absolute atomic E-state index is 0. The van der Waals surface area contributed by atoms with Crippen molar-refractivity contribution < 1.29 is 18.3 Å². The van der Waals surface area contributed by atoms with Gasteiger partial charge in [-0.25, -0.2) is 0 Å². The van der Waals surface area contributed by atoms with Crippen molar-refractivity contribution in [2.75, 3.05) is 0 Å². The van der Waals surface area contributed by atoms with Gasteiger partial charge in [-0.1, -0.05) is 0 Å². The zero-order valence-electron chi connectivity index (χ0n) is 39.7. The molecule has 0 aliphatic heterocycles. The summed E-state index contributed by atoms with van der Waals surface area (Å²) in [5, 5.41) is 1.51. The molecule has 2 aliphatic rings. The predicted octanol–water partition coefficient (Wildman–Crippen LogP) is 15.7. The molecule has 0 radical (unpaired) electrons. The Hall–Kier alpha value is -1.73. The first-order valence-corrected chi connectivity index (χ1v) is 29.3. The van der Waals surface area contributed by atoms with Crippen LogP contribution in [0.3, 0.4) is 0 Å². The Morgan fingerprint density at radius 2 is 1.10 bits per heavy atom. The van der Waals surface area contributed by atoms with Crippen LogP contribution in [-0.4, -0.2) is 4.21 Å². The third kappa shape index (κ3) is 8.74. The van der Waals surface area contributed by atoms with Gasteiger partial charge >= 0.3 is 367 Å². The Labute approximate surface area is 388 Å². The van der Waals surface area contributed by atoms with Crippen LogP contribution >= 0.6 is 48.0 Å². The molecule has 0 spiro atoms. The molecule has 0 nitrogen and oxygen atoms in total. The van der Waals surface area contributed by atoms with Crippen molar-refractivity contribution in [1.29, 1.82) is 0 Å². The second-order valence-corrected chi connectivity index (χ2v) is 36.7. The number of rotatable bonds is 7. The van der Waals surface area contributed by atoms with Gasteiger partial charge in [-0.3, -0.25) is 0 Å². The van der Waals surface area contributed by atoms with Crippen molar-refractivity contribution in [2.24, 2.45) is 11.3 Å². The molecule has 4 aromatic carbocycles. The van der Waals surface area contributed by atoms with E-state index >= 15 is 0 Å². The molecule has 0 bridgehead atoms. The monoisotopic (exact) mass is 964 g/mol. The molecule has 1 unspecified atom stereocenters. The van der Waals surface area contributed by atoms with Crippen LogP contribution in [-0.2, 0) is 46.4 Å². The molecule has 0 saturated carbocycles. The van der Waals surface area contributed by atoms with Gasteiger partial charge in [-0.2, -0.15) is 0 Å². The van der Waals surface area contributed by atoms with Gasteiger partial charge in [0.25, 0.3) is 0 Å². The number of allylic oxidation sites excluding steroid dienone is 4. The van der Waals surface area contributed by atoms with Crippen molar-refractivity contribution in [3.8, 4) is 11.1 Å². The van der Waals surface area contributed by atoms with E-state index in [0.717, 1.165) is 35.7 Å². The number of unbranched alkanes of at least 4 members (excludes halogenated alkanes) is 1. The van der Waals surface area contributed by atoms with Crippen molar-refractivity contribution >= 4 is 62.0 Å². The summed E-state index contributed by atoms with van der Waals surface area (Å²) in [5.74, 6) is 0.237. The van der Waals surface area contributed by atoms with E-state index in [1.807, 2.05) is 12.1 Å². The van der Waals surface area contributed by atoms with Crippen LogP contribution in [0.1, 0.15) is 163 Å². The molecule has 1 atom stereocenters. The average molecular weight is 968 g/mol. The summed E-state index contributed by atoms with van der Waals surface area (Å²) in [6, 6.07) is 25.6. The van der Waals surface area contributed by atoms with Crippen molar-refractivity contribution in [3.63, 3.8) is 0 Å². The number of hydrogen-bond acceptors (Lipinski definition) is 0. The van der Waals surface area contributed by atoms with Crippen molar-refractivity contribution in [3.05, 3.63) is 131 Å². The summed E-state index contributed by atoms with van der Waals surface area (Å²) in [6.45, 7) is 38.3. The third-order valence-corrected chi connectivity index (χ3v) is 30.2. The quantitative estimate of drug-likeness (QED) is 0.152. The normalized spacial score (nSPS) is 16.1. The number of benzene rings is 4. The Bertz CT molecular complexity index is 2360. The number of hydrogen-bond donors (Lipinski definition) is 0. The molecule has 0 fully saturated rings. The molecule has 5 heteroatoms. The van der Waals surface area contributed by atoms with Gasteiger partial charge in [0.05, 0.1) is 0 Å². The summed E-state index contributed by atoms with van der Waals surface area (Å²) in [7, 11) is 0. The minimum atomic E-state index is -5.53. The Kier molecular flexibility index (Phi) is 14.4. The Morgan fingerprint density at radius 1 is 0.617 bits per heavy atom. The van der Waals surface area contributed by atoms with Crippen molar-refractivity contribution in [2.45, 2.75) is 158 Å². The molecule has 0 N–H and O–H groups in total. The summed E-state index contributed by atoms with van der Waals surface area (Å²) in [5.41, 5.74) is 12.4. The standard InChI is InChI=1S/C29H41.C13H21.2C6H4Cl.CH2.2ClH.Zr/c1-26(2,3)22-14-18-13-19-15-23(27(4,5)6)25(29(10,11)12)17-21(19)20(18)16-24(22)28(7,8)9;1-5-6-7-11-8-9-12(10-11)13(2,3)4;2*7-6-4-2-1-3-5-6;;;;/h14,16-17H,13H2,1-12H3;9-11H,5-7H2,1-4H3;2*1-2,4-5H;1H2;2*1H;. The average Bonchev–Trinajstić information content (AvgIpc) is 3.70. The zero-order chi connectivity index (χ0) is 43.2. The van der Waals surface area contributed by atoms with Crippen LogP contribution < -0.4 is 9.81 Å². The number of fused-ring (bicyclic) bond motifs is 3. The van der Waals surface area contributed by atoms with Gasteiger partial charge < -0.3 is 0 Å². The first-order valence-electron chi connectivity index (χ1n) is 21.9. The second-order valence-electron chi connectivity index (χ2n) is 23.1. The van der Waals surface area contributed by atoms with Crippen LogP contribution in [0.4, 0.5) is 0 Å². The Morgan fingerprint density at radius 3 is 1.53 bits per heavy atom. The molecular weight excluding hydrogens is 894 g/mol. The molecule has 6 rings (SSSR count). The van der Waals surface area contributed by atoms with Gasteiger partial charge in [-0.15, -0.1) is 24.8 Å². The van der Waals surface area contributed by atoms with E-state index < -0.39 is 18.3 Å². The molecule has 0 aromatic heterocycles. The molecule has 0 saturated heterocycles. The fourth-order valence-corrected chi connectivity index (χ4v) is 29.1. The van der Waals surface area contributed by atoms with Gasteiger partial charge in [0.2, 0.25) is 0 Å². The fraction of sp³-hybridized carbons (Fsp3) is 0.473. The molecule has 0 amide bonds. The van der Waals surface area contributed by atoms with E-state index in [1.54, 1.807) is 0 Å². The maximum absolute atomic E-state index is 7.24. The van der Waals surface area contributed by atoms with E-state index in [4.69, 9.17) is 27.4 Å². The summed E-state index contributed by atoms with van der Waals surface area (Å²) in [4.78, 5) is 0. The third-order valence-electron chi connectivity index (χ3n) is 13.4. The molecule has 4 aromatic rings. The van der Waals surface area contributed by atoms with Gasteiger partial charge in [-0.05, 0) is 0 Å².